The largest absolute Gasteiger partial charge is 0.465 e. The van der Waals surface area contributed by atoms with Gasteiger partial charge in [-0.25, -0.2) is 14.4 Å². The molecule has 0 aliphatic rings. The van der Waals surface area contributed by atoms with Gasteiger partial charge in [-0.15, -0.1) is 0 Å². The van der Waals surface area contributed by atoms with E-state index >= 15 is 0 Å². The number of alkyl halides is 20. The van der Waals surface area contributed by atoms with Crippen molar-refractivity contribution < 1.29 is 121 Å². The van der Waals surface area contributed by atoms with Crippen LogP contribution in [-0.4, -0.2) is 78.3 Å². The van der Waals surface area contributed by atoms with Gasteiger partial charge in [0, 0.05) is 0 Å². The van der Waals surface area contributed by atoms with Gasteiger partial charge in [0.05, 0.1) is 6.04 Å². The summed E-state index contributed by atoms with van der Waals surface area (Å²) >= 11 is 0. The molecular formula is C21H9F20NO7. The third-order valence-corrected chi connectivity index (χ3v) is 5.23. The molecule has 0 bridgehead atoms. The molecule has 1 aromatic carbocycles. The Morgan fingerprint density at radius 3 is 1.24 bits per heavy atom. The van der Waals surface area contributed by atoms with Crippen LogP contribution in [0.2, 0.25) is 0 Å². The zero-order valence-corrected chi connectivity index (χ0v) is 22.3. The lowest BCUT2D eigenvalue weighted by molar-refractivity contribution is -0.283. The maximum Gasteiger partial charge on any atom is 0.465 e. The number of halogens is 20. The van der Waals surface area contributed by atoms with Crippen molar-refractivity contribution in [3.8, 4) is 11.5 Å². The average Bonchev–Trinajstić information content (AvgIpc) is 2.89. The van der Waals surface area contributed by atoms with E-state index < -0.39 is 114 Å². The second-order valence-electron chi connectivity index (χ2n) is 8.86. The minimum Gasteiger partial charge on any atom is -0.451 e. The van der Waals surface area contributed by atoms with Gasteiger partial charge in [-0.3, -0.25) is 4.79 Å². The molecule has 0 radical (unpaired) electrons. The van der Waals surface area contributed by atoms with E-state index in [-0.39, 0.29) is 13.0 Å². The standard InChI is InChI=1S/C21H9F20NO7/c1-5(42-10(43)14(22,23)18(30,31)32)9(49-13(46)17(28,29)21(39,40)41)6-2-3-7(47-11(44)15(24,25)19(33,34)35)8(4-6)48-12(45)16(26,27)20(36,37)38/h2-5,9H,1H3,(H,42,43). The van der Waals surface area contributed by atoms with E-state index in [1.54, 1.807) is 0 Å². The Bertz CT molecular complexity index is 1430. The third-order valence-electron chi connectivity index (χ3n) is 5.23. The predicted molar refractivity (Wildman–Crippen MR) is 108 cm³/mol. The summed E-state index contributed by atoms with van der Waals surface area (Å²) in [5.74, 6) is -45.8. The Morgan fingerprint density at radius 2 is 0.878 bits per heavy atom. The molecule has 1 rings (SSSR count). The SMILES string of the molecule is CC(NC(=O)C(F)(F)C(F)(F)F)C(OC(=O)C(F)(F)C(F)(F)F)c1ccc(OC(=O)C(F)(F)C(F)(F)F)c(OC(=O)C(F)(F)C(F)(F)F)c1. The molecule has 1 amide bonds. The molecule has 0 heterocycles. The highest BCUT2D eigenvalue weighted by Crippen LogP contribution is 2.43. The highest BCUT2D eigenvalue weighted by Gasteiger charge is 2.68. The van der Waals surface area contributed by atoms with Crippen LogP contribution in [0, 0.1) is 0 Å². The average molecular weight is 767 g/mol. The minimum atomic E-state index is -6.91. The van der Waals surface area contributed by atoms with Crippen LogP contribution >= 0.6 is 0 Å². The Kier molecular flexibility index (Phi) is 11.5. The van der Waals surface area contributed by atoms with Crippen LogP contribution in [0.3, 0.4) is 0 Å². The van der Waals surface area contributed by atoms with E-state index in [0.29, 0.717) is 5.32 Å². The van der Waals surface area contributed by atoms with Crippen LogP contribution in [0.15, 0.2) is 18.2 Å². The molecule has 0 aliphatic heterocycles. The monoisotopic (exact) mass is 767 g/mol. The van der Waals surface area contributed by atoms with Gasteiger partial charge in [-0.1, -0.05) is 6.07 Å². The van der Waals surface area contributed by atoms with Gasteiger partial charge >= 0.3 is 72.2 Å². The summed E-state index contributed by atoms with van der Waals surface area (Å²) in [6.07, 6.45) is -30.8. The number of hydrogen-bond acceptors (Lipinski definition) is 7. The minimum absolute atomic E-state index is 0.0648. The number of esters is 3. The number of benzene rings is 1. The van der Waals surface area contributed by atoms with Crippen molar-refractivity contribution >= 4 is 23.8 Å². The zero-order valence-electron chi connectivity index (χ0n) is 22.3. The van der Waals surface area contributed by atoms with Crippen LogP contribution in [0.4, 0.5) is 87.8 Å². The molecule has 0 saturated heterocycles. The summed E-state index contributed by atoms with van der Waals surface area (Å²) in [5, 5.41) is 0.610. The number of nitrogens with one attached hydrogen (secondary N) is 1. The van der Waals surface area contributed by atoms with Crippen molar-refractivity contribution in [1.29, 1.82) is 0 Å². The second kappa shape index (κ2) is 13.2. The third kappa shape index (κ3) is 8.84. The lowest BCUT2D eigenvalue weighted by Crippen LogP contribution is -2.54. The smallest absolute Gasteiger partial charge is 0.451 e. The molecule has 1 N–H and O–H groups in total. The van der Waals surface area contributed by atoms with Crippen LogP contribution < -0.4 is 14.8 Å². The fourth-order valence-corrected chi connectivity index (χ4v) is 2.69. The summed E-state index contributed by atoms with van der Waals surface area (Å²) in [5.41, 5.74) is -1.70. The fourth-order valence-electron chi connectivity index (χ4n) is 2.69. The van der Waals surface area contributed by atoms with Crippen LogP contribution in [0.1, 0.15) is 18.6 Å². The first kappa shape index (κ1) is 42.7. The summed E-state index contributed by atoms with van der Waals surface area (Å²) in [4.78, 5) is 46.2. The maximum absolute atomic E-state index is 13.5. The second-order valence-corrected chi connectivity index (χ2v) is 8.86. The van der Waals surface area contributed by atoms with Crippen LogP contribution in [-0.2, 0) is 23.9 Å². The molecule has 0 aliphatic carbocycles. The lowest BCUT2D eigenvalue weighted by Gasteiger charge is -2.29. The molecule has 49 heavy (non-hydrogen) atoms. The first-order valence-corrected chi connectivity index (χ1v) is 11.3. The van der Waals surface area contributed by atoms with E-state index in [1.165, 1.54) is 0 Å². The van der Waals surface area contributed by atoms with Gasteiger partial charge < -0.3 is 19.5 Å². The van der Waals surface area contributed by atoms with Gasteiger partial charge in [0.1, 0.15) is 6.10 Å². The normalized spacial score (nSPS) is 15.2. The van der Waals surface area contributed by atoms with Gasteiger partial charge in [-0.2, -0.15) is 87.8 Å². The lowest BCUT2D eigenvalue weighted by atomic mass is 10.0. The van der Waals surface area contributed by atoms with Crippen molar-refractivity contribution in [3.63, 3.8) is 0 Å². The Balaban J connectivity index is 3.96. The van der Waals surface area contributed by atoms with Gasteiger partial charge in [0.25, 0.3) is 0 Å². The Morgan fingerprint density at radius 1 is 0.531 bits per heavy atom. The van der Waals surface area contributed by atoms with Crippen molar-refractivity contribution in [2.45, 2.75) is 67.5 Å². The number of carbonyl (C=O) groups is 4. The van der Waals surface area contributed by atoms with Crippen molar-refractivity contribution in [2.75, 3.05) is 0 Å². The van der Waals surface area contributed by atoms with Crippen molar-refractivity contribution in [2.24, 2.45) is 0 Å². The van der Waals surface area contributed by atoms with Gasteiger partial charge in [0.15, 0.2) is 11.5 Å². The summed E-state index contributed by atoms with van der Waals surface area (Å²) in [6, 6.07) is -4.15. The zero-order chi connectivity index (χ0) is 39.1. The number of amides is 1. The van der Waals surface area contributed by atoms with Crippen molar-refractivity contribution in [1.82, 2.24) is 5.32 Å². The molecule has 2 unspecified atom stereocenters. The molecule has 8 nitrogen and oxygen atoms in total. The first-order chi connectivity index (χ1) is 21.4. The molecular weight excluding hydrogens is 758 g/mol. The molecule has 0 fully saturated rings. The van der Waals surface area contributed by atoms with E-state index in [4.69, 9.17) is 0 Å². The highest BCUT2D eigenvalue weighted by atomic mass is 19.4. The molecule has 280 valence electrons. The van der Waals surface area contributed by atoms with E-state index in [1.807, 2.05) is 0 Å². The molecule has 2 atom stereocenters. The molecule has 0 saturated carbocycles. The number of rotatable bonds is 10. The van der Waals surface area contributed by atoms with E-state index in [0.717, 1.165) is 0 Å². The molecule has 28 heteroatoms. The Hall–Kier alpha value is -4.30. The van der Waals surface area contributed by atoms with E-state index in [9.17, 15) is 107 Å². The highest BCUT2D eigenvalue weighted by molar-refractivity contribution is 5.85. The maximum atomic E-state index is 13.5. The van der Waals surface area contributed by atoms with Crippen LogP contribution in [0.5, 0.6) is 11.5 Å². The first-order valence-electron chi connectivity index (χ1n) is 11.3. The summed E-state index contributed by atoms with van der Waals surface area (Å²) in [7, 11) is 0. The molecule has 0 spiro atoms. The molecule has 0 aromatic heterocycles. The topological polar surface area (TPSA) is 108 Å². The predicted octanol–water partition coefficient (Wildman–Crippen LogP) is 6.38. The fraction of sp³-hybridized carbons (Fsp3) is 0.524. The van der Waals surface area contributed by atoms with Gasteiger partial charge in [-0.05, 0) is 24.6 Å². The number of ether oxygens (including phenoxy) is 3. The quantitative estimate of drug-likeness (QED) is 0.168. The summed E-state index contributed by atoms with van der Waals surface area (Å²) in [6.45, 7) is 0.0648. The number of carbonyl (C=O) groups excluding carboxylic acids is 4. The number of hydrogen-bond donors (Lipinski definition) is 1. The summed E-state index contributed by atoms with van der Waals surface area (Å²) < 4.78 is 269. The molecule has 1 aromatic rings. The van der Waals surface area contributed by atoms with Crippen LogP contribution in [0.25, 0.3) is 0 Å². The Labute approximate surface area is 254 Å². The van der Waals surface area contributed by atoms with E-state index in [2.05, 4.69) is 14.2 Å². The van der Waals surface area contributed by atoms with Gasteiger partial charge in [0.2, 0.25) is 0 Å². The van der Waals surface area contributed by atoms with Crippen molar-refractivity contribution in [3.05, 3.63) is 23.8 Å².